The van der Waals surface area contributed by atoms with Crippen molar-refractivity contribution in [3.8, 4) is 11.1 Å². The largest absolute Gasteiger partial charge is 0.373 e. The van der Waals surface area contributed by atoms with E-state index < -0.39 is 0 Å². The summed E-state index contributed by atoms with van der Waals surface area (Å²) in [6.07, 6.45) is 8.93. The standard InChI is InChI=1S/C14H14N4.C12H16FN3/c1-15-14-6-12-5-10(3-4-11(12)7-16-14)13-8-17-18(2)9-13;1-3-10-4-5-14-12(11(10)13)16-8-6-15(2)7-9-16/h3-9H,1-2H3,(H,15,16);3-5H,1,6-9H2,2H3. The maximum atomic E-state index is 14.0. The summed E-state index contributed by atoms with van der Waals surface area (Å²) in [5, 5.41) is 9.57. The second-order valence-corrected chi connectivity index (χ2v) is 8.32. The van der Waals surface area contributed by atoms with E-state index in [0.29, 0.717) is 11.4 Å². The van der Waals surface area contributed by atoms with Gasteiger partial charge in [0.25, 0.3) is 0 Å². The van der Waals surface area contributed by atoms with E-state index in [1.54, 1.807) is 12.3 Å². The lowest BCUT2D eigenvalue weighted by atomic mass is 10.1. The molecule has 0 spiro atoms. The second kappa shape index (κ2) is 10.4. The minimum atomic E-state index is -0.262. The topological polar surface area (TPSA) is 62.1 Å². The van der Waals surface area contributed by atoms with Gasteiger partial charge < -0.3 is 15.1 Å². The Bertz CT molecular complexity index is 1280. The average Bonchev–Trinajstić information content (AvgIpc) is 3.31. The van der Waals surface area contributed by atoms with Crippen LogP contribution >= 0.6 is 0 Å². The Kier molecular flexibility index (Phi) is 7.18. The Hall–Kier alpha value is -3.78. The van der Waals surface area contributed by atoms with Gasteiger partial charge >= 0.3 is 0 Å². The third kappa shape index (κ3) is 5.23. The molecule has 0 amide bonds. The number of rotatable bonds is 4. The molecule has 7 nitrogen and oxygen atoms in total. The normalized spacial score (nSPS) is 13.9. The molecule has 1 N–H and O–H groups in total. The first-order valence-corrected chi connectivity index (χ1v) is 11.3. The molecule has 176 valence electrons. The molecular weight excluding hydrogens is 429 g/mol. The van der Waals surface area contributed by atoms with Crippen molar-refractivity contribution < 1.29 is 4.39 Å². The molecule has 1 aromatic carbocycles. The lowest BCUT2D eigenvalue weighted by molar-refractivity contribution is 0.310. The highest BCUT2D eigenvalue weighted by atomic mass is 19.1. The van der Waals surface area contributed by atoms with Gasteiger partial charge in [0.2, 0.25) is 0 Å². The molecule has 0 saturated carbocycles. The highest BCUT2D eigenvalue weighted by Crippen LogP contribution is 2.25. The number of fused-ring (bicyclic) bond motifs is 1. The van der Waals surface area contributed by atoms with Gasteiger partial charge in [-0.05, 0) is 36.2 Å². The van der Waals surface area contributed by atoms with Crippen LogP contribution in [0.15, 0.2) is 61.7 Å². The number of hydrogen-bond donors (Lipinski definition) is 1. The number of piperazine rings is 1. The Morgan fingerprint density at radius 1 is 0.971 bits per heavy atom. The fraction of sp³-hybridized carbons (Fsp3) is 0.269. The number of likely N-dealkylation sites (N-methyl/N-ethyl adjacent to an activating group) is 1. The summed E-state index contributed by atoms with van der Waals surface area (Å²) in [4.78, 5) is 12.6. The third-order valence-corrected chi connectivity index (χ3v) is 5.94. The zero-order chi connectivity index (χ0) is 24.1. The van der Waals surface area contributed by atoms with Crippen LogP contribution in [0.5, 0.6) is 0 Å². The highest BCUT2D eigenvalue weighted by Gasteiger charge is 2.19. The number of nitrogens with one attached hydrogen (secondary N) is 1. The van der Waals surface area contributed by atoms with E-state index in [0.717, 1.165) is 42.9 Å². The number of pyridine rings is 2. The first-order chi connectivity index (χ1) is 16.5. The van der Waals surface area contributed by atoms with Gasteiger partial charge in [0, 0.05) is 75.4 Å². The van der Waals surface area contributed by atoms with Crippen LogP contribution in [0, 0.1) is 5.82 Å². The summed E-state index contributed by atoms with van der Waals surface area (Å²) in [5.41, 5.74) is 2.81. The number of benzene rings is 1. The fourth-order valence-electron chi connectivity index (χ4n) is 3.87. The molecular formula is C26H30FN7. The summed E-state index contributed by atoms with van der Waals surface area (Å²) in [7, 11) is 5.87. The van der Waals surface area contributed by atoms with E-state index in [1.807, 2.05) is 42.3 Å². The Balaban J connectivity index is 0.000000162. The average molecular weight is 460 g/mol. The molecule has 3 aromatic heterocycles. The van der Waals surface area contributed by atoms with Gasteiger partial charge in [0.1, 0.15) is 5.82 Å². The Morgan fingerprint density at radius 2 is 1.76 bits per heavy atom. The summed E-state index contributed by atoms with van der Waals surface area (Å²) >= 11 is 0. The number of aromatic nitrogens is 4. The number of aryl methyl sites for hydroxylation is 1. The number of nitrogens with zero attached hydrogens (tertiary/aromatic N) is 6. The minimum absolute atomic E-state index is 0.262. The van der Waals surface area contributed by atoms with E-state index in [1.165, 1.54) is 17.0 Å². The molecule has 1 aliphatic heterocycles. The van der Waals surface area contributed by atoms with Crippen molar-refractivity contribution in [3.63, 3.8) is 0 Å². The van der Waals surface area contributed by atoms with Gasteiger partial charge in [-0.25, -0.2) is 14.4 Å². The van der Waals surface area contributed by atoms with Crippen molar-refractivity contribution in [1.29, 1.82) is 0 Å². The SMILES string of the molecule is C=Cc1ccnc(N2CCN(C)CC2)c1F.CNc1cc2cc(-c3cnn(C)c3)ccc2cn1. The minimum Gasteiger partial charge on any atom is -0.373 e. The first kappa shape index (κ1) is 23.4. The van der Waals surface area contributed by atoms with Gasteiger partial charge in [0.05, 0.1) is 6.20 Å². The zero-order valence-corrected chi connectivity index (χ0v) is 19.9. The maximum absolute atomic E-state index is 14.0. The molecule has 8 heteroatoms. The van der Waals surface area contributed by atoms with Gasteiger partial charge in [-0.1, -0.05) is 24.8 Å². The summed E-state index contributed by atoms with van der Waals surface area (Å²) in [5.74, 6) is 1.07. The molecule has 1 aliphatic rings. The van der Waals surface area contributed by atoms with Crippen molar-refractivity contribution in [2.75, 3.05) is 50.5 Å². The maximum Gasteiger partial charge on any atom is 0.172 e. The number of halogens is 1. The van der Waals surface area contributed by atoms with Crippen LogP contribution < -0.4 is 10.2 Å². The molecule has 0 aliphatic carbocycles. The van der Waals surface area contributed by atoms with E-state index in [2.05, 4.69) is 63.2 Å². The third-order valence-electron chi connectivity index (χ3n) is 5.94. The monoisotopic (exact) mass is 459 g/mol. The van der Waals surface area contributed by atoms with E-state index in [4.69, 9.17) is 0 Å². The molecule has 34 heavy (non-hydrogen) atoms. The van der Waals surface area contributed by atoms with Gasteiger partial charge in [-0.3, -0.25) is 4.68 Å². The van der Waals surface area contributed by atoms with Crippen LogP contribution in [-0.4, -0.2) is 64.9 Å². The van der Waals surface area contributed by atoms with Gasteiger partial charge in [-0.2, -0.15) is 5.10 Å². The molecule has 0 atom stereocenters. The van der Waals surface area contributed by atoms with Gasteiger partial charge in [-0.15, -0.1) is 0 Å². The van der Waals surface area contributed by atoms with Crippen molar-refractivity contribution in [1.82, 2.24) is 24.6 Å². The zero-order valence-electron chi connectivity index (χ0n) is 19.9. The number of hydrogen-bond acceptors (Lipinski definition) is 6. The van der Waals surface area contributed by atoms with Gasteiger partial charge in [0.15, 0.2) is 11.6 Å². The lowest BCUT2D eigenvalue weighted by Gasteiger charge is -2.33. The molecule has 1 saturated heterocycles. The van der Waals surface area contributed by atoms with E-state index >= 15 is 0 Å². The number of anilines is 2. The molecule has 1 fully saturated rings. The Morgan fingerprint density at radius 3 is 2.44 bits per heavy atom. The van der Waals surface area contributed by atoms with Crippen LogP contribution in [0.2, 0.25) is 0 Å². The molecule has 5 rings (SSSR count). The lowest BCUT2D eigenvalue weighted by Crippen LogP contribution is -2.45. The second-order valence-electron chi connectivity index (χ2n) is 8.32. The van der Waals surface area contributed by atoms with E-state index in [-0.39, 0.29) is 5.82 Å². The molecule has 0 radical (unpaired) electrons. The van der Waals surface area contributed by atoms with Crippen molar-refractivity contribution in [2.45, 2.75) is 0 Å². The summed E-state index contributed by atoms with van der Waals surface area (Å²) in [6, 6.07) is 10.0. The predicted molar refractivity (Wildman–Crippen MR) is 137 cm³/mol. The van der Waals surface area contributed by atoms with E-state index in [9.17, 15) is 4.39 Å². The predicted octanol–water partition coefficient (Wildman–Crippen LogP) is 4.29. The smallest absolute Gasteiger partial charge is 0.172 e. The molecule has 4 aromatic rings. The first-order valence-electron chi connectivity index (χ1n) is 11.3. The van der Waals surface area contributed by atoms with Crippen LogP contribution in [0.1, 0.15) is 5.56 Å². The van der Waals surface area contributed by atoms with Crippen LogP contribution in [-0.2, 0) is 7.05 Å². The van der Waals surface area contributed by atoms with Crippen LogP contribution in [0.3, 0.4) is 0 Å². The quantitative estimate of drug-likeness (QED) is 0.491. The van der Waals surface area contributed by atoms with Crippen molar-refractivity contribution in [2.24, 2.45) is 7.05 Å². The van der Waals surface area contributed by atoms with Crippen molar-refractivity contribution in [3.05, 3.63) is 73.1 Å². The van der Waals surface area contributed by atoms with Crippen molar-refractivity contribution >= 4 is 28.5 Å². The molecule has 0 unspecified atom stereocenters. The molecule has 0 bridgehead atoms. The van der Waals surface area contributed by atoms with Crippen LogP contribution in [0.25, 0.3) is 28.0 Å². The Labute approximate surface area is 199 Å². The van der Waals surface area contributed by atoms with Crippen LogP contribution in [0.4, 0.5) is 16.0 Å². The summed E-state index contributed by atoms with van der Waals surface area (Å²) < 4.78 is 15.8. The highest BCUT2D eigenvalue weighted by molar-refractivity contribution is 5.88. The fourth-order valence-corrected chi connectivity index (χ4v) is 3.87. The summed E-state index contributed by atoms with van der Waals surface area (Å²) in [6.45, 7) is 7.12. The molecule has 4 heterocycles.